The summed E-state index contributed by atoms with van der Waals surface area (Å²) in [7, 11) is 0. The highest BCUT2D eigenvalue weighted by atomic mass is 16.4. The molecule has 0 spiro atoms. The van der Waals surface area contributed by atoms with Crippen LogP contribution in [0.25, 0.3) is 17.2 Å². The van der Waals surface area contributed by atoms with Crippen molar-refractivity contribution < 1.29 is 14.0 Å². The zero-order valence-corrected chi connectivity index (χ0v) is 25.6. The third-order valence-electron chi connectivity index (χ3n) is 8.30. The molecule has 0 bridgehead atoms. The standard InChI is InChI=1S/C38H36N4O3/c1-27-35(40-28(2)45-27)16-17-37(43)42(25-30-12-14-32(15-13-30)33-18-21-39-22-19-33)36(24-29-8-4-3-5-9-29)38(44)41-23-20-31-10-6-7-11-34(31)26-41/h3-19,21-22,36H,20,23-26H2,1-2H3. The van der Waals surface area contributed by atoms with E-state index in [4.69, 9.17) is 4.42 Å². The minimum Gasteiger partial charge on any atom is -0.446 e. The summed E-state index contributed by atoms with van der Waals surface area (Å²) in [5.74, 6) is 0.851. The molecule has 1 atom stereocenters. The predicted octanol–water partition coefficient (Wildman–Crippen LogP) is 6.59. The quantitative estimate of drug-likeness (QED) is 0.179. The zero-order chi connectivity index (χ0) is 31.2. The third-order valence-corrected chi connectivity index (χ3v) is 8.30. The van der Waals surface area contributed by atoms with Crippen LogP contribution in [-0.2, 0) is 35.5 Å². The Morgan fingerprint density at radius 2 is 1.56 bits per heavy atom. The molecule has 45 heavy (non-hydrogen) atoms. The number of hydrogen-bond acceptors (Lipinski definition) is 5. The number of pyridine rings is 1. The van der Waals surface area contributed by atoms with Gasteiger partial charge in [0.1, 0.15) is 17.5 Å². The number of carbonyl (C=O) groups excluding carboxylic acids is 2. The van der Waals surface area contributed by atoms with Crippen molar-refractivity contribution in [3.8, 4) is 11.1 Å². The molecule has 1 unspecified atom stereocenters. The van der Waals surface area contributed by atoms with Crippen LogP contribution in [0.5, 0.6) is 0 Å². The van der Waals surface area contributed by atoms with E-state index in [1.54, 1.807) is 30.3 Å². The average Bonchev–Trinajstić information content (AvgIpc) is 3.41. The largest absolute Gasteiger partial charge is 0.446 e. The fourth-order valence-electron chi connectivity index (χ4n) is 5.89. The SMILES string of the molecule is Cc1nc(C=CC(=O)N(Cc2ccc(-c3ccncc3)cc2)C(Cc2ccccc2)C(=O)N2CCc3ccccc3C2)c(C)o1. The first-order valence-corrected chi connectivity index (χ1v) is 15.3. The lowest BCUT2D eigenvalue weighted by Gasteiger charge is -2.37. The maximum Gasteiger partial charge on any atom is 0.247 e. The van der Waals surface area contributed by atoms with E-state index in [2.05, 4.69) is 22.1 Å². The number of oxazole rings is 1. The molecule has 1 aliphatic heterocycles. The molecule has 0 aliphatic carbocycles. The molecule has 6 rings (SSSR count). The predicted molar refractivity (Wildman–Crippen MR) is 175 cm³/mol. The highest BCUT2D eigenvalue weighted by molar-refractivity contribution is 5.95. The molecular formula is C38H36N4O3. The van der Waals surface area contributed by atoms with E-state index in [0.717, 1.165) is 34.2 Å². The van der Waals surface area contributed by atoms with Gasteiger partial charge in [-0.3, -0.25) is 14.6 Å². The Labute approximate surface area is 263 Å². The van der Waals surface area contributed by atoms with Gasteiger partial charge in [0, 0.05) is 51.4 Å². The van der Waals surface area contributed by atoms with Crippen LogP contribution < -0.4 is 0 Å². The zero-order valence-electron chi connectivity index (χ0n) is 25.6. The van der Waals surface area contributed by atoms with E-state index in [-0.39, 0.29) is 18.4 Å². The summed E-state index contributed by atoms with van der Waals surface area (Å²) < 4.78 is 5.57. The average molecular weight is 597 g/mol. The maximum atomic E-state index is 14.5. The number of aromatic nitrogens is 2. The van der Waals surface area contributed by atoms with Crippen LogP contribution in [0, 0.1) is 13.8 Å². The molecule has 5 aromatic rings. The molecule has 7 heteroatoms. The summed E-state index contributed by atoms with van der Waals surface area (Å²) in [5.41, 5.74) is 7.05. The highest BCUT2D eigenvalue weighted by Gasteiger charge is 2.34. The topological polar surface area (TPSA) is 79.5 Å². The second-order valence-electron chi connectivity index (χ2n) is 11.4. The summed E-state index contributed by atoms with van der Waals surface area (Å²) in [4.78, 5) is 40.8. The molecule has 3 heterocycles. The Kier molecular flexibility index (Phi) is 8.96. The first-order valence-electron chi connectivity index (χ1n) is 15.3. The molecule has 226 valence electrons. The lowest BCUT2D eigenvalue weighted by atomic mass is 9.97. The van der Waals surface area contributed by atoms with Gasteiger partial charge in [-0.2, -0.15) is 0 Å². The lowest BCUT2D eigenvalue weighted by molar-refractivity contribution is -0.144. The molecule has 0 N–H and O–H groups in total. The Morgan fingerprint density at radius 1 is 0.867 bits per heavy atom. The van der Waals surface area contributed by atoms with Gasteiger partial charge in [0.2, 0.25) is 11.8 Å². The van der Waals surface area contributed by atoms with Crippen LogP contribution in [0.2, 0.25) is 0 Å². The number of aryl methyl sites for hydroxylation is 2. The normalized spacial score (nSPS) is 13.4. The van der Waals surface area contributed by atoms with Gasteiger partial charge in [-0.05, 0) is 64.9 Å². The van der Waals surface area contributed by atoms with Gasteiger partial charge < -0.3 is 14.2 Å². The third kappa shape index (κ3) is 7.10. The van der Waals surface area contributed by atoms with Crippen LogP contribution in [-0.4, -0.2) is 44.2 Å². The van der Waals surface area contributed by atoms with Crippen molar-refractivity contribution in [2.24, 2.45) is 0 Å². The summed E-state index contributed by atoms with van der Waals surface area (Å²) in [5, 5.41) is 0. The van der Waals surface area contributed by atoms with Crippen molar-refractivity contribution in [1.82, 2.24) is 19.8 Å². The molecule has 0 fully saturated rings. The maximum absolute atomic E-state index is 14.5. The van der Waals surface area contributed by atoms with Crippen molar-refractivity contribution in [2.75, 3.05) is 6.54 Å². The van der Waals surface area contributed by atoms with Crippen molar-refractivity contribution in [1.29, 1.82) is 0 Å². The summed E-state index contributed by atoms with van der Waals surface area (Å²) in [6.45, 7) is 5.00. The number of benzene rings is 3. The summed E-state index contributed by atoms with van der Waals surface area (Å²) >= 11 is 0. The van der Waals surface area contributed by atoms with Crippen molar-refractivity contribution >= 4 is 17.9 Å². The van der Waals surface area contributed by atoms with E-state index in [1.165, 1.54) is 11.6 Å². The molecule has 1 aliphatic rings. The smallest absolute Gasteiger partial charge is 0.247 e. The minimum absolute atomic E-state index is 0.0584. The van der Waals surface area contributed by atoms with Crippen molar-refractivity contribution in [2.45, 2.75) is 45.8 Å². The minimum atomic E-state index is -0.713. The Bertz CT molecular complexity index is 1800. The first-order chi connectivity index (χ1) is 21.9. The molecule has 7 nitrogen and oxygen atoms in total. The van der Waals surface area contributed by atoms with Gasteiger partial charge >= 0.3 is 0 Å². The number of hydrogen-bond donors (Lipinski definition) is 0. The van der Waals surface area contributed by atoms with Crippen LogP contribution in [0.3, 0.4) is 0 Å². The molecule has 0 radical (unpaired) electrons. The van der Waals surface area contributed by atoms with Gasteiger partial charge in [-0.1, -0.05) is 78.9 Å². The van der Waals surface area contributed by atoms with E-state index in [0.29, 0.717) is 36.9 Å². The fourth-order valence-corrected chi connectivity index (χ4v) is 5.89. The van der Waals surface area contributed by atoms with Gasteiger partial charge in [0.15, 0.2) is 5.89 Å². The molecular weight excluding hydrogens is 560 g/mol. The molecule has 2 aromatic heterocycles. The van der Waals surface area contributed by atoms with Crippen molar-refractivity contribution in [3.05, 3.63) is 149 Å². The number of nitrogens with zero attached hydrogens (tertiary/aromatic N) is 4. The monoisotopic (exact) mass is 596 g/mol. The van der Waals surface area contributed by atoms with Gasteiger partial charge in [0.05, 0.1) is 0 Å². The highest BCUT2D eigenvalue weighted by Crippen LogP contribution is 2.24. The lowest BCUT2D eigenvalue weighted by Crippen LogP contribution is -2.52. The number of fused-ring (bicyclic) bond motifs is 1. The first kappa shape index (κ1) is 29.8. The number of amides is 2. The molecule has 3 aromatic carbocycles. The van der Waals surface area contributed by atoms with E-state index in [9.17, 15) is 9.59 Å². The van der Waals surface area contributed by atoms with Gasteiger partial charge in [0.25, 0.3) is 0 Å². The Balaban J connectivity index is 1.35. The molecule has 2 amide bonds. The molecule has 0 saturated heterocycles. The van der Waals surface area contributed by atoms with E-state index < -0.39 is 6.04 Å². The fraction of sp³-hybridized carbons (Fsp3) is 0.211. The second kappa shape index (κ2) is 13.6. The Morgan fingerprint density at radius 3 is 2.27 bits per heavy atom. The van der Waals surface area contributed by atoms with Crippen LogP contribution in [0.1, 0.15) is 39.6 Å². The van der Waals surface area contributed by atoms with Crippen LogP contribution >= 0.6 is 0 Å². The van der Waals surface area contributed by atoms with Crippen LogP contribution in [0.15, 0.2) is 114 Å². The summed E-state index contributed by atoms with van der Waals surface area (Å²) in [6.07, 6.45) is 7.91. The molecule has 0 saturated carbocycles. The summed E-state index contributed by atoms with van der Waals surface area (Å²) in [6, 6.07) is 29.5. The second-order valence-corrected chi connectivity index (χ2v) is 11.4. The van der Waals surface area contributed by atoms with Gasteiger partial charge in [-0.15, -0.1) is 0 Å². The van der Waals surface area contributed by atoms with Gasteiger partial charge in [-0.25, -0.2) is 4.98 Å². The van der Waals surface area contributed by atoms with E-state index >= 15 is 0 Å². The van der Waals surface area contributed by atoms with Crippen molar-refractivity contribution in [3.63, 3.8) is 0 Å². The van der Waals surface area contributed by atoms with E-state index in [1.807, 2.05) is 90.7 Å². The number of rotatable bonds is 9. The Hall–Kier alpha value is -5.30. The number of carbonyl (C=O) groups is 2. The van der Waals surface area contributed by atoms with Crippen LogP contribution in [0.4, 0.5) is 0 Å².